The van der Waals surface area contributed by atoms with E-state index in [-0.39, 0.29) is 5.75 Å². The molecule has 0 bridgehead atoms. The lowest BCUT2D eigenvalue weighted by atomic mass is 10.4. The summed E-state index contributed by atoms with van der Waals surface area (Å²) in [6.45, 7) is 6.52. The highest BCUT2D eigenvalue weighted by molar-refractivity contribution is 7.89. The molecule has 0 amide bonds. The van der Waals surface area contributed by atoms with Gasteiger partial charge in [0.05, 0.1) is 19.0 Å². The zero-order valence-corrected chi connectivity index (χ0v) is 10.2. The smallest absolute Gasteiger partial charge is 0.215 e. The van der Waals surface area contributed by atoms with E-state index in [1.807, 2.05) is 13.8 Å². The summed E-state index contributed by atoms with van der Waals surface area (Å²) in [6, 6.07) is 0.324. The lowest BCUT2D eigenvalue weighted by molar-refractivity contribution is 0.0730. The lowest BCUT2D eigenvalue weighted by Crippen LogP contribution is -2.43. The number of ether oxygens (including phenoxy) is 1. The van der Waals surface area contributed by atoms with Crippen molar-refractivity contribution < 1.29 is 13.2 Å². The van der Waals surface area contributed by atoms with Gasteiger partial charge in [-0.05, 0) is 0 Å². The molecule has 0 aromatic heterocycles. The van der Waals surface area contributed by atoms with E-state index in [9.17, 15) is 8.42 Å². The van der Waals surface area contributed by atoms with E-state index in [1.54, 1.807) is 0 Å². The topological polar surface area (TPSA) is 58.6 Å². The summed E-state index contributed by atoms with van der Waals surface area (Å²) in [5.41, 5.74) is 0. The third kappa shape index (κ3) is 4.46. The largest absolute Gasteiger partial charge is 0.379 e. The Morgan fingerprint density at radius 3 is 2.47 bits per heavy atom. The summed E-state index contributed by atoms with van der Waals surface area (Å²) in [7, 11) is -3.09. The van der Waals surface area contributed by atoms with Gasteiger partial charge in [-0.1, -0.05) is 13.8 Å². The van der Waals surface area contributed by atoms with Crippen molar-refractivity contribution in [1.82, 2.24) is 9.62 Å². The summed E-state index contributed by atoms with van der Waals surface area (Å²) in [6.07, 6.45) is 0. The van der Waals surface area contributed by atoms with Crippen LogP contribution in [0.3, 0.4) is 0 Å². The minimum atomic E-state index is -3.09. The van der Waals surface area contributed by atoms with Crippen LogP contribution in [0.15, 0.2) is 0 Å². The van der Waals surface area contributed by atoms with E-state index in [4.69, 9.17) is 4.74 Å². The van der Waals surface area contributed by atoms with Gasteiger partial charge in [0.25, 0.3) is 0 Å². The van der Waals surface area contributed by atoms with Crippen LogP contribution in [-0.4, -0.2) is 57.4 Å². The highest BCUT2D eigenvalue weighted by Crippen LogP contribution is 2.04. The van der Waals surface area contributed by atoms with Crippen molar-refractivity contribution in [1.29, 1.82) is 0 Å². The standard InChI is InChI=1S/C9H20N2O3S/c1-9(2)10-3-8-15(12,13)11-4-6-14-7-5-11/h9-10H,3-8H2,1-2H3. The molecule has 1 saturated heterocycles. The first-order valence-electron chi connectivity index (χ1n) is 5.31. The third-order valence-electron chi connectivity index (χ3n) is 2.28. The Morgan fingerprint density at radius 2 is 1.93 bits per heavy atom. The Morgan fingerprint density at radius 1 is 1.33 bits per heavy atom. The molecule has 1 aliphatic heterocycles. The van der Waals surface area contributed by atoms with Gasteiger partial charge >= 0.3 is 0 Å². The zero-order valence-electron chi connectivity index (χ0n) is 9.40. The first-order chi connectivity index (χ1) is 7.02. The van der Waals surface area contributed by atoms with Crippen LogP contribution in [0.1, 0.15) is 13.8 Å². The molecule has 0 unspecified atom stereocenters. The number of nitrogens with zero attached hydrogens (tertiary/aromatic N) is 1. The van der Waals surface area contributed by atoms with E-state index in [0.717, 1.165) is 0 Å². The van der Waals surface area contributed by atoms with Crippen LogP contribution in [0.2, 0.25) is 0 Å². The molecular formula is C9H20N2O3S. The fraction of sp³-hybridized carbons (Fsp3) is 1.00. The fourth-order valence-electron chi connectivity index (χ4n) is 1.43. The highest BCUT2D eigenvalue weighted by atomic mass is 32.2. The third-order valence-corrected chi connectivity index (χ3v) is 4.15. The number of hydrogen-bond acceptors (Lipinski definition) is 4. The van der Waals surface area contributed by atoms with Gasteiger partial charge in [-0.25, -0.2) is 8.42 Å². The van der Waals surface area contributed by atoms with Gasteiger partial charge < -0.3 is 10.1 Å². The molecule has 0 atom stereocenters. The van der Waals surface area contributed by atoms with Gasteiger partial charge in [-0.15, -0.1) is 0 Å². The Balaban J connectivity index is 2.36. The average Bonchev–Trinajstić information content (AvgIpc) is 2.18. The molecule has 90 valence electrons. The number of morpholine rings is 1. The van der Waals surface area contributed by atoms with E-state index < -0.39 is 10.0 Å². The molecule has 0 aromatic carbocycles. The van der Waals surface area contributed by atoms with Crippen molar-refractivity contribution in [2.24, 2.45) is 0 Å². The Labute approximate surface area is 91.8 Å². The van der Waals surface area contributed by atoms with E-state index in [1.165, 1.54) is 4.31 Å². The van der Waals surface area contributed by atoms with Crippen LogP contribution >= 0.6 is 0 Å². The molecule has 1 N–H and O–H groups in total. The van der Waals surface area contributed by atoms with Crippen molar-refractivity contribution in [3.63, 3.8) is 0 Å². The zero-order chi connectivity index (χ0) is 11.3. The van der Waals surface area contributed by atoms with Crippen molar-refractivity contribution in [2.45, 2.75) is 19.9 Å². The van der Waals surface area contributed by atoms with Crippen LogP contribution in [0.25, 0.3) is 0 Å². The molecule has 0 spiro atoms. The predicted molar refractivity (Wildman–Crippen MR) is 59.3 cm³/mol. The molecule has 0 aromatic rings. The molecule has 0 radical (unpaired) electrons. The van der Waals surface area contributed by atoms with Gasteiger partial charge in [0, 0.05) is 25.7 Å². The van der Waals surface area contributed by atoms with Crippen LogP contribution in [0.5, 0.6) is 0 Å². The van der Waals surface area contributed by atoms with Crippen molar-refractivity contribution in [3.8, 4) is 0 Å². The minimum Gasteiger partial charge on any atom is -0.379 e. The highest BCUT2D eigenvalue weighted by Gasteiger charge is 2.23. The van der Waals surface area contributed by atoms with Crippen molar-refractivity contribution in [3.05, 3.63) is 0 Å². The van der Waals surface area contributed by atoms with Gasteiger partial charge in [-0.3, -0.25) is 0 Å². The van der Waals surface area contributed by atoms with Crippen LogP contribution in [0.4, 0.5) is 0 Å². The summed E-state index contributed by atoms with van der Waals surface area (Å²) < 4.78 is 30.2. The monoisotopic (exact) mass is 236 g/mol. The molecule has 1 fully saturated rings. The average molecular weight is 236 g/mol. The number of hydrogen-bond donors (Lipinski definition) is 1. The second-order valence-electron chi connectivity index (χ2n) is 3.94. The second-order valence-corrected chi connectivity index (χ2v) is 6.02. The Bertz CT molecular complexity index is 271. The first-order valence-corrected chi connectivity index (χ1v) is 6.92. The number of rotatable bonds is 5. The number of nitrogens with one attached hydrogen (secondary N) is 1. The Kier molecular flexibility index (Phi) is 4.98. The molecule has 15 heavy (non-hydrogen) atoms. The van der Waals surface area contributed by atoms with Gasteiger partial charge in [0.15, 0.2) is 0 Å². The van der Waals surface area contributed by atoms with Crippen LogP contribution < -0.4 is 5.32 Å². The molecule has 1 aliphatic rings. The molecule has 1 heterocycles. The molecule has 1 rings (SSSR count). The first kappa shape index (κ1) is 12.9. The normalized spacial score (nSPS) is 19.7. The maximum absolute atomic E-state index is 11.8. The van der Waals surface area contributed by atoms with Crippen LogP contribution in [-0.2, 0) is 14.8 Å². The Hall–Kier alpha value is -0.170. The second kappa shape index (κ2) is 5.79. The summed E-state index contributed by atoms with van der Waals surface area (Å²) in [4.78, 5) is 0. The van der Waals surface area contributed by atoms with Crippen LogP contribution in [0, 0.1) is 0 Å². The molecule has 6 heteroatoms. The van der Waals surface area contributed by atoms with Crippen molar-refractivity contribution in [2.75, 3.05) is 38.6 Å². The van der Waals surface area contributed by atoms with E-state index in [2.05, 4.69) is 5.32 Å². The summed E-state index contributed by atoms with van der Waals surface area (Å²) in [5, 5.41) is 3.10. The maximum Gasteiger partial charge on any atom is 0.215 e. The van der Waals surface area contributed by atoms with E-state index >= 15 is 0 Å². The maximum atomic E-state index is 11.8. The number of sulfonamides is 1. The summed E-state index contributed by atoms with van der Waals surface area (Å²) >= 11 is 0. The SMILES string of the molecule is CC(C)NCCS(=O)(=O)N1CCOCC1. The van der Waals surface area contributed by atoms with Gasteiger partial charge in [0.2, 0.25) is 10.0 Å². The molecular weight excluding hydrogens is 216 g/mol. The minimum absolute atomic E-state index is 0.172. The molecule has 5 nitrogen and oxygen atoms in total. The summed E-state index contributed by atoms with van der Waals surface area (Å²) in [5.74, 6) is 0.172. The fourth-order valence-corrected chi connectivity index (χ4v) is 2.77. The van der Waals surface area contributed by atoms with E-state index in [0.29, 0.717) is 38.9 Å². The predicted octanol–water partition coefficient (Wildman–Crippen LogP) is -0.354. The van der Waals surface area contributed by atoms with Crippen molar-refractivity contribution >= 4 is 10.0 Å². The molecule has 0 saturated carbocycles. The van der Waals surface area contributed by atoms with Gasteiger partial charge in [-0.2, -0.15) is 4.31 Å². The molecule has 0 aliphatic carbocycles. The van der Waals surface area contributed by atoms with Gasteiger partial charge in [0.1, 0.15) is 0 Å². The quantitative estimate of drug-likeness (QED) is 0.708. The lowest BCUT2D eigenvalue weighted by Gasteiger charge is -2.26.